The molecular formula is C33H40N2O10. The van der Waals surface area contributed by atoms with Crippen LogP contribution in [0.1, 0.15) is 73.1 Å². The molecule has 4 aromatic rings. The molecular weight excluding hydrogens is 584 g/mol. The summed E-state index contributed by atoms with van der Waals surface area (Å²) in [7, 11) is 4.30. The number of methoxy groups -OCH3 is 3. The number of ether oxygens (including phenoxy) is 5. The number of aromatic amines is 2. The zero-order valence-electron chi connectivity index (χ0n) is 26.2. The zero-order chi connectivity index (χ0) is 32.9. The number of aromatic carboxylic acids is 1. The number of aromatic nitrogens is 2. The Bertz CT molecular complexity index is 1740. The van der Waals surface area contributed by atoms with Gasteiger partial charge < -0.3 is 38.8 Å². The molecule has 0 radical (unpaired) electrons. The first-order chi connectivity index (χ1) is 21.7. The van der Waals surface area contributed by atoms with Crippen LogP contribution in [0.5, 0.6) is 23.0 Å². The fourth-order valence-electron chi connectivity index (χ4n) is 4.54. The fourth-order valence-corrected chi connectivity index (χ4v) is 4.54. The third kappa shape index (κ3) is 8.55. The maximum Gasteiger partial charge on any atom is 0.343 e. The number of carbonyl (C=O) groups excluding carboxylic acids is 1. The first kappa shape index (κ1) is 34.5. The number of benzene rings is 2. The summed E-state index contributed by atoms with van der Waals surface area (Å²) in [5.41, 5.74) is -0.552. The molecule has 45 heavy (non-hydrogen) atoms. The van der Waals surface area contributed by atoms with Crippen LogP contribution in [0.2, 0.25) is 0 Å². The minimum Gasteiger partial charge on any atom is -0.493 e. The molecule has 0 unspecified atom stereocenters. The van der Waals surface area contributed by atoms with Crippen molar-refractivity contribution in [3.8, 4) is 23.0 Å². The van der Waals surface area contributed by atoms with Crippen molar-refractivity contribution in [2.24, 2.45) is 0 Å². The first-order valence-electron chi connectivity index (χ1n) is 14.8. The summed E-state index contributed by atoms with van der Waals surface area (Å²) in [4.78, 5) is 51.9. The Labute approximate surface area is 260 Å². The van der Waals surface area contributed by atoms with Crippen molar-refractivity contribution >= 4 is 33.7 Å². The number of unbranched alkanes of at least 4 members (excludes halogenated alkanes) is 4. The van der Waals surface area contributed by atoms with Gasteiger partial charge >= 0.3 is 11.9 Å². The summed E-state index contributed by atoms with van der Waals surface area (Å²) >= 11 is 0. The van der Waals surface area contributed by atoms with E-state index < -0.39 is 23.1 Å². The van der Waals surface area contributed by atoms with E-state index in [4.69, 9.17) is 24.1 Å². The summed E-state index contributed by atoms with van der Waals surface area (Å²) in [5.74, 6) is 0.0247. The molecule has 242 valence electrons. The van der Waals surface area contributed by atoms with Crippen LogP contribution in [0.15, 0.2) is 46.0 Å². The molecule has 0 atom stereocenters. The van der Waals surface area contributed by atoms with Gasteiger partial charge in [0.1, 0.15) is 11.1 Å². The molecule has 0 aliphatic heterocycles. The molecule has 4 rings (SSSR count). The lowest BCUT2D eigenvalue weighted by molar-refractivity contribution is 0.0598. The Hall–Kier alpha value is -5.00. The van der Waals surface area contributed by atoms with Crippen molar-refractivity contribution in [2.75, 3.05) is 34.5 Å². The summed E-state index contributed by atoms with van der Waals surface area (Å²) in [6, 6.07) is 9.73. The van der Waals surface area contributed by atoms with E-state index in [1.54, 1.807) is 31.4 Å². The highest BCUT2D eigenvalue weighted by Crippen LogP contribution is 2.35. The number of hydrogen-bond acceptors (Lipinski definition) is 9. The number of rotatable bonds is 14. The number of pyridine rings is 2. The number of carboxylic acids is 1. The van der Waals surface area contributed by atoms with E-state index in [2.05, 4.69) is 28.6 Å². The zero-order valence-corrected chi connectivity index (χ0v) is 26.2. The predicted octanol–water partition coefficient (Wildman–Crippen LogP) is 5.70. The molecule has 2 aromatic carbocycles. The number of H-pyrrole nitrogens is 2. The van der Waals surface area contributed by atoms with Crippen LogP contribution in [-0.4, -0.2) is 61.6 Å². The standard InChI is InChI=1S/C17H21NO5.C16H19NO5/c1-4-5-6-9-23-15-13(21-2)8-7-11-10-12(17(20)22-3)16(19)18-14(11)15;1-3-4-5-8-22-14-12(21-2)7-6-10-9-11(16(19)20)15(18)17-13(10)14/h7-8,10H,4-6,9H2,1-3H3,(H,18,19);6-7,9H,3-5,8H2,1-2H3,(H,17,18)(H,19,20). The summed E-state index contributed by atoms with van der Waals surface area (Å²) in [6.07, 6.45) is 6.10. The Balaban J connectivity index is 0.000000246. The van der Waals surface area contributed by atoms with E-state index in [-0.39, 0.29) is 11.1 Å². The Morgan fingerprint density at radius 1 is 0.689 bits per heavy atom. The molecule has 0 fully saturated rings. The lowest BCUT2D eigenvalue weighted by Crippen LogP contribution is -2.19. The molecule has 0 saturated heterocycles. The van der Waals surface area contributed by atoms with Gasteiger partial charge in [0.15, 0.2) is 23.0 Å². The van der Waals surface area contributed by atoms with Gasteiger partial charge in [0.25, 0.3) is 11.1 Å². The van der Waals surface area contributed by atoms with Gasteiger partial charge in [0.2, 0.25) is 0 Å². The van der Waals surface area contributed by atoms with Gasteiger partial charge in [-0.2, -0.15) is 0 Å². The maximum atomic E-state index is 12.1. The monoisotopic (exact) mass is 624 g/mol. The Morgan fingerprint density at radius 2 is 1.13 bits per heavy atom. The summed E-state index contributed by atoms with van der Waals surface area (Å²) in [5, 5.41) is 10.3. The largest absolute Gasteiger partial charge is 0.493 e. The molecule has 0 saturated carbocycles. The SMILES string of the molecule is CCCCCOc1c(OC)ccc2cc(C(=O)O)c(=O)[nH]c12.CCCCCOc1c(OC)ccc2cc(C(=O)OC)c(=O)[nH]c12. The van der Waals surface area contributed by atoms with Crippen LogP contribution in [0.25, 0.3) is 21.8 Å². The van der Waals surface area contributed by atoms with E-state index in [0.717, 1.165) is 38.5 Å². The number of hydrogen-bond donors (Lipinski definition) is 3. The van der Waals surface area contributed by atoms with Gasteiger partial charge in [-0.15, -0.1) is 0 Å². The molecule has 12 heteroatoms. The number of carboxylic acid groups (broad SMARTS) is 1. The quantitative estimate of drug-likeness (QED) is 0.117. The molecule has 2 heterocycles. The molecule has 3 N–H and O–H groups in total. The van der Waals surface area contributed by atoms with Crippen molar-refractivity contribution < 1.29 is 38.4 Å². The van der Waals surface area contributed by atoms with E-state index in [0.29, 0.717) is 58.0 Å². The van der Waals surface area contributed by atoms with Crippen LogP contribution in [0.4, 0.5) is 0 Å². The highest BCUT2D eigenvalue weighted by molar-refractivity contribution is 5.96. The van der Waals surface area contributed by atoms with Crippen molar-refractivity contribution in [3.63, 3.8) is 0 Å². The molecule has 2 aromatic heterocycles. The number of esters is 1. The minimum absolute atomic E-state index is 0.0397. The number of carbonyl (C=O) groups is 2. The van der Waals surface area contributed by atoms with Crippen molar-refractivity contribution in [2.45, 2.75) is 52.4 Å². The third-order valence-corrected chi connectivity index (χ3v) is 6.94. The van der Waals surface area contributed by atoms with E-state index in [1.165, 1.54) is 26.4 Å². The lowest BCUT2D eigenvalue weighted by Gasteiger charge is -2.13. The first-order valence-corrected chi connectivity index (χ1v) is 14.8. The smallest absolute Gasteiger partial charge is 0.343 e. The van der Waals surface area contributed by atoms with Crippen molar-refractivity contribution in [1.29, 1.82) is 0 Å². The highest BCUT2D eigenvalue weighted by atomic mass is 16.5. The third-order valence-electron chi connectivity index (χ3n) is 6.94. The van der Waals surface area contributed by atoms with E-state index in [9.17, 15) is 19.2 Å². The van der Waals surface area contributed by atoms with Crippen molar-refractivity contribution in [3.05, 3.63) is 68.2 Å². The van der Waals surface area contributed by atoms with Gasteiger partial charge in [-0.3, -0.25) is 9.59 Å². The number of nitrogens with one attached hydrogen (secondary N) is 2. The van der Waals surface area contributed by atoms with Crippen molar-refractivity contribution in [1.82, 2.24) is 9.97 Å². The lowest BCUT2D eigenvalue weighted by atomic mass is 10.1. The van der Waals surface area contributed by atoms with Crippen LogP contribution in [0, 0.1) is 0 Å². The minimum atomic E-state index is -1.26. The van der Waals surface area contributed by atoms with Gasteiger partial charge in [-0.05, 0) is 49.2 Å². The maximum absolute atomic E-state index is 12.1. The average molecular weight is 625 g/mol. The second kappa shape index (κ2) is 16.7. The Morgan fingerprint density at radius 3 is 1.53 bits per heavy atom. The molecule has 12 nitrogen and oxygen atoms in total. The molecule has 0 aliphatic carbocycles. The van der Waals surface area contributed by atoms with Crippen LogP contribution >= 0.6 is 0 Å². The average Bonchev–Trinajstić information content (AvgIpc) is 3.04. The van der Waals surface area contributed by atoms with Crippen LogP contribution in [0.3, 0.4) is 0 Å². The predicted molar refractivity (Wildman–Crippen MR) is 171 cm³/mol. The summed E-state index contributed by atoms with van der Waals surface area (Å²) < 4.78 is 26.8. The molecule has 0 spiro atoms. The molecule has 0 bridgehead atoms. The van der Waals surface area contributed by atoms with Gasteiger partial charge in [0.05, 0.1) is 45.6 Å². The van der Waals surface area contributed by atoms with Gasteiger partial charge in [0, 0.05) is 10.8 Å². The second-order valence-electron chi connectivity index (χ2n) is 10.1. The van der Waals surface area contributed by atoms with Gasteiger partial charge in [-0.1, -0.05) is 39.5 Å². The van der Waals surface area contributed by atoms with E-state index >= 15 is 0 Å². The normalized spacial score (nSPS) is 10.6. The Kier molecular flexibility index (Phi) is 12.8. The van der Waals surface area contributed by atoms with E-state index in [1.807, 2.05) is 0 Å². The van der Waals surface area contributed by atoms with Crippen LogP contribution in [-0.2, 0) is 4.74 Å². The fraction of sp³-hybridized carbons (Fsp3) is 0.394. The topological polar surface area (TPSA) is 166 Å². The summed E-state index contributed by atoms with van der Waals surface area (Å²) in [6.45, 7) is 5.25. The highest BCUT2D eigenvalue weighted by Gasteiger charge is 2.17. The molecule has 0 aliphatic rings. The van der Waals surface area contributed by atoms with Gasteiger partial charge in [-0.25, -0.2) is 9.59 Å². The number of fused-ring (bicyclic) bond motifs is 2. The second-order valence-corrected chi connectivity index (χ2v) is 10.1. The molecule has 0 amide bonds. The van der Waals surface area contributed by atoms with Crippen LogP contribution < -0.4 is 30.1 Å².